The van der Waals surface area contributed by atoms with Gasteiger partial charge in [-0.05, 0) is 49.1 Å². The minimum Gasteiger partial charge on any atom is -0.481 e. The molecular weight excluding hydrogens is 398 g/mol. The predicted octanol–water partition coefficient (Wildman–Crippen LogP) is 5.32. The van der Waals surface area contributed by atoms with Crippen molar-refractivity contribution in [2.45, 2.75) is 25.8 Å². The van der Waals surface area contributed by atoms with Crippen LogP contribution in [0, 0.1) is 24.5 Å². The van der Waals surface area contributed by atoms with Crippen molar-refractivity contribution in [1.29, 1.82) is 0 Å². The van der Waals surface area contributed by atoms with Gasteiger partial charge in [-0.3, -0.25) is 4.79 Å². The molecule has 4 rings (SSSR count). The Labute approximate surface area is 170 Å². The molecule has 150 valence electrons. The molecule has 0 spiro atoms. The number of nitrogens with one attached hydrogen (secondary N) is 1. The van der Waals surface area contributed by atoms with E-state index in [0.717, 1.165) is 34.0 Å². The van der Waals surface area contributed by atoms with Crippen molar-refractivity contribution in [2.75, 3.05) is 5.32 Å². The molecule has 1 aliphatic rings. The van der Waals surface area contributed by atoms with Gasteiger partial charge in [0.15, 0.2) is 11.6 Å². The molecule has 29 heavy (non-hydrogen) atoms. The van der Waals surface area contributed by atoms with Crippen LogP contribution in [0.3, 0.4) is 0 Å². The molecular formula is C21H18F2N2O3S. The Hall–Kier alpha value is -3.00. The molecule has 1 aromatic heterocycles. The number of carboxylic acid groups (broad SMARTS) is 1. The first-order valence-corrected chi connectivity index (χ1v) is 9.88. The first-order valence-electron chi connectivity index (χ1n) is 9.06. The lowest BCUT2D eigenvalue weighted by Crippen LogP contribution is -2.00. The van der Waals surface area contributed by atoms with Crippen LogP contribution in [0.25, 0.3) is 0 Å². The number of aromatic nitrogens is 1. The van der Waals surface area contributed by atoms with Crippen LogP contribution in [0.1, 0.15) is 28.5 Å². The highest BCUT2D eigenvalue weighted by atomic mass is 32.1. The van der Waals surface area contributed by atoms with Crippen LogP contribution in [0.4, 0.5) is 14.5 Å². The Bertz CT molecular complexity index is 1050. The van der Waals surface area contributed by atoms with Gasteiger partial charge in [-0.2, -0.15) is 0 Å². The Balaban J connectivity index is 1.36. The van der Waals surface area contributed by atoms with Crippen molar-refractivity contribution >= 4 is 23.0 Å². The van der Waals surface area contributed by atoms with Gasteiger partial charge >= 0.3 is 5.97 Å². The first-order chi connectivity index (χ1) is 13.9. The standard InChI is InChI=1S/C21H18F2N2O3S/c1-11-19(29-21(25-11)28-14-6-7-17(22)18(23)8-14)10-24-13-4-2-12(3-5-13)15-9-16(15)20(26)27/h2-8,15-16,24H,9-10H2,1H3,(H,26,27)/t15?,16-/m0/s1. The van der Waals surface area contributed by atoms with Gasteiger partial charge < -0.3 is 15.2 Å². The molecule has 2 aromatic carbocycles. The zero-order valence-electron chi connectivity index (χ0n) is 15.5. The first kappa shape index (κ1) is 19.3. The quantitative estimate of drug-likeness (QED) is 0.545. The average Bonchev–Trinajstić information content (AvgIpc) is 3.42. The Morgan fingerprint density at radius 1 is 1.24 bits per heavy atom. The van der Waals surface area contributed by atoms with E-state index in [1.807, 2.05) is 31.2 Å². The van der Waals surface area contributed by atoms with Crippen molar-refractivity contribution in [1.82, 2.24) is 4.98 Å². The van der Waals surface area contributed by atoms with Crippen molar-refractivity contribution in [3.63, 3.8) is 0 Å². The number of hydrogen-bond acceptors (Lipinski definition) is 5. The van der Waals surface area contributed by atoms with Crippen molar-refractivity contribution < 1.29 is 23.4 Å². The zero-order valence-corrected chi connectivity index (χ0v) is 16.3. The van der Waals surface area contributed by atoms with Gasteiger partial charge in [0.05, 0.1) is 23.0 Å². The predicted molar refractivity (Wildman–Crippen MR) is 106 cm³/mol. The second-order valence-corrected chi connectivity index (χ2v) is 7.97. The van der Waals surface area contributed by atoms with Gasteiger partial charge in [0.25, 0.3) is 5.19 Å². The summed E-state index contributed by atoms with van der Waals surface area (Å²) < 4.78 is 31.9. The topological polar surface area (TPSA) is 71.5 Å². The summed E-state index contributed by atoms with van der Waals surface area (Å²) in [6.45, 7) is 2.39. The summed E-state index contributed by atoms with van der Waals surface area (Å²) in [5.74, 6) is -2.60. The van der Waals surface area contributed by atoms with Crippen molar-refractivity contribution in [3.05, 3.63) is 70.2 Å². The molecule has 1 saturated carbocycles. The number of ether oxygens (including phenoxy) is 1. The maximum Gasteiger partial charge on any atom is 0.307 e. The smallest absolute Gasteiger partial charge is 0.307 e. The van der Waals surface area contributed by atoms with Crippen LogP contribution < -0.4 is 10.1 Å². The van der Waals surface area contributed by atoms with E-state index >= 15 is 0 Å². The maximum absolute atomic E-state index is 13.3. The van der Waals surface area contributed by atoms with Gasteiger partial charge in [0, 0.05) is 11.8 Å². The SMILES string of the molecule is Cc1nc(Oc2ccc(F)c(F)c2)sc1CNc1ccc(C2C[C@@H]2C(=O)O)cc1. The molecule has 0 amide bonds. The molecule has 2 N–H and O–H groups in total. The van der Waals surface area contributed by atoms with Crippen LogP contribution in [0.15, 0.2) is 42.5 Å². The summed E-state index contributed by atoms with van der Waals surface area (Å²) in [6.07, 6.45) is 0.697. The third kappa shape index (κ3) is 4.37. The third-order valence-corrected chi connectivity index (χ3v) is 5.90. The van der Waals surface area contributed by atoms with Gasteiger partial charge in [0.1, 0.15) is 5.75 Å². The number of hydrogen-bond donors (Lipinski definition) is 2. The summed E-state index contributed by atoms with van der Waals surface area (Å²) in [5.41, 5.74) is 2.75. The molecule has 1 heterocycles. The number of aryl methyl sites for hydroxylation is 1. The molecule has 8 heteroatoms. The van der Waals surface area contributed by atoms with E-state index in [1.54, 1.807) is 0 Å². The van der Waals surface area contributed by atoms with Crippen LogP contribution in [0.5, 0.6) is 10.9 Å². The van der Waals surface area contributed by atoms with Gasteiger partial charge in [-0.1, -0.05) is 23.5 Å². The molecule has 0 aliphatic heterocycles. The highest BCUT2D eigenvalue weighted by molar-refractivity contribution is 7.13. The highest BCUT2D eigenvalue weighted by Gasteiger charge is 2.43. The van der Waals surface area contributed by atoms with Gasteiger partial charge in [0.2, 0.25) is 0 Å². The van der Waals surface area contributed by atoms with E-state index in [0.29, 0.717) is 18.2 Å². The number of benzene rings is 2. The van der Waals surface area contributed by atoms with Crippen LogP contribution in [-0.4, -0.2) is 16.1 Å². The zero-order chi connectivity index (χ0) is 20.5. The monoisotopic (exact) mass is 416 g/mol. The number of carboxylic acids is 1. The average molecular weight is 416 g/mol. The van der Waals surface area contributed by atoms with E-state index in [1.165, 1.54) is 17.4 Å². The molecule has 1 unspecified atom stereocenters. The lowest BCUT2D eigenvalue weighted by Gasteiger charge is -2.06. The Morgan fingerprint density at radius 3 is 2.66 bits per heavy atom. The normalized spacial score (nSPS) is 17.8. The summed E-state index contributed by atoms with van der Waals surface area (Å²) in [6, 6.07) is 11.1. The number of anilines is 1. The number of nitrogens with zero attached hydrogens (tertiary/aromatic N) is 1. The van der Waals surface area contributed by atoms with Crippen LogP contribution >= 0.6 is 11.3 Å². The Morgan fingerprint density at radius 2 is 2.00 bits per heavy atom. The largest absolute Gasteiger partial charge is 0.481 e. The van der Waals surface area contributed by atoms with Crippen molar-refractivity contribution in [3.8, 4) is 10.9 Å². The fraction of sp³-hybridized carbons (Fsp3) is 0.238. The maximum atomic E-state index is 13.3. The highest BCUT2D eigenvalue weighted by Crippen LogP contribution is 2.47. The summed E-state index contributed by atoms with van der Waals surface area (Å²) >= 11 is 1.33. The molecule has 3 aromatic rings. The lowest BCUT2D eigenvalue weighted by atomic mass is 10.1. The molecule has 1 fully saturated rings. The number of halogens is 2. The van der Waals surface area contributed by atoms with E-state index in [9.17, 15) is 13.6 Å². The minimum absolute atomic E-state index is 0.112. The Kier molecular flexibility index (Phi) is 5.19. The number of thiazole rings is 1. The van der Waals surface area contributed by atoms with Gasteiger partial charge in [-0.15, -0.1) is 0 Å². The second kappa shape index (κ2) is 7.79. The van der Waals surface area contributed by atoms with E-state index < -0.39 is 17.6 Å². The second-order valence-electron chi connectivity index (χ2n) is 6.93. The third-order valence-electron chi connectivity index (χ3n) is 4.87. The molecule has 0 radical (unpaired) electrons. The van der Waals surface area contributed by atoms with E-state index in [4.69, 9.17) is 9.84 Å². The lowest BCUT2D eigenvalue weighted by molar-refractivity contribution is -0.138. The summed E-state index contributed by atoms with van der Waals surface area (Å²) in [7, 11) is 0. The van der Waals surface area contributed by atoms with E-state index in [-0.39, 0.29) is 17.6 Å². The molecule has 0 saturated heterocycles. The minimum atomic E-state index is -0.970. The molecule has 1 aliphatic carbocycles. The molecule has 0 bridgehead atoms. The molecule has 5 nitrogen and oxygen atoms in total. The van der Waals surface area contributed by atoms with Crippen LogP contribution in [-0.2, 0) is 11.3 Å². The van der Waals surface area contributed by atoms with Crippen LogP contribution in [0.2, 0.25) is 0 Å². The van der Waals surface area contributed by atoms with Gasteiger partial charge in [-0.25, -0.2) is 13.8 Å². The number of aliphatic carboxylic acids is 1. The van der Waals surface area contributed by atoms with E-state index in [2.05, 4.69) is 10.3 Å². The molecule has 2 atom stereocenters. The summed E-state index contributed by atoms with van der Waals surface area (Å²) in [5, 5.41) is 12.7. The fourth-order valence-corrected chi connectivity index (χ4v) is 3.99. The van der Waals surface area contributed by atoms with Crippen molar-refractivity contribution in [2.24, 2.45) is 5.92 Å². The number of rotatable bonds is 7. The fourth-order valence-electron chi connectivity index (χ4n) is 3.12. The summed E-state index contributed by atoms with van der Waals surface area (Å²) in [4.78, 5) is 16.3. The number of carbonyl (C=O) groups is 1.